The van der Waals surface area contributed by atoms with Crippen LogP contribution >= 0.6 is 11.6 Å². The van der Waals surface area contributed by atoms with E-state index >= 15 is 0 Å². The lowest BCUT2D eigenvalue weighted by molar-refractivity contribution is 0.0537. The molecule has 0 bridgehead atoms. The number of halogens is 1. The van der Waals surface area contributed by atoms with Crippen LogP contribution in [0.5, 0.6) is 0 Å². The fourth-order valence-electron chi connectivity index (χ4n) is 2.07. The first-order chi connectivity index (χ1) is 10.2. The molecule has 21 heavy (non-hydrogen) atoms. The summed E-state index contributed by atoms with van der Waals surface area (Å²) in [5.74, 6) is -0.294. The maximum Gasteiger partial charge on any atom is 0.274 e. The Kier molecular flexibility index (Phi) is 5.33. The molecule has 2 rings (SSSR count). The van der Waals surface area contributed by atoms with Crippen molar-refractivity contribution >= 4 is 17.5 Å². The third-order valence-corrected chi connectivity index (χ3v) is 3.27. The minimum absolute atomic E-state index is 0.294. The number of hydrogen-bond acceptors (Lipinski definition) is 3. The zero-order chi connectivity index (χ0) is 15.2. The lowest BCUT2D eigenvalue weighted by Gasteiger charge is -2.11. The summed E-state index contributed by atoms with van der Waals surface area (Å²) < 4.78 is 5.22. The molecule has 1 amide bonds. The van der Waals surface area contributed by atoms with Crippen LogP contribution in [0.1, 0.15) is 15.9 Å². The summed E-state index contributed by atoms with van der Waals surface area (Å²) in [5, 5.41) is 0.683. The molecule has 1 N–H and O–H groups in total. The highest BCUT2D eigenvalue weighted by molar-refractivity contribution is 6.30. The molecule has 0 saturated heterocycles. The van der Waals surface area contributed by atoms with Gasteiger partial charge in [-0.25, -0.2) is 5.48 Å². The summed E-state index contributed by atoms with van der Waals surface area (Å²) in [6, 6.07) is 13.0. The van der Waals surface area contributed by atoms with Crippen molar-refractivity contribution in [3.05, 3.63) is 58.6 Å². The molecule has 5 heteroatoms. The SMILES string of the molecule is COCc1cc(C(=O)NOC)ccc1-c1ccc(Cl)cc1. The molecule has 0 radical (unpaired) electrons. The molecule has 0 saturated carbocycles. The Labute approximate surface area is 128 Å². The van der Waals surface area contributed by atoms with Gasteiger partial charge in [0.1, 0.15) is 0 Å². The molecular formula is C16H16ClNO3. The summed E-state index contributed by atoms with van der Waals surface area (Å²) in [6.45, 7) is 0.409. The number of ether oxygens (including phenoxy) is 1. The number of methoxy groups -OCH3 is 1. The molecular weight excluding hydrogens is 290 g/mol. The molecule has 0 atom stereocenters. The van der Waals surface area contributed by atoms with Gasteiger partial charge < -0.3 is 4.74 Å². The molecule has 110 valence electrons. The second kappa shape index (κ2) is 7.22. The largest absolute Gasteiger partial charge is 0.380 e. The third kappa shape index (κ3) is 3.82. The van der Waals surface area contributed by atoms with Crippen LogP contribution in [0.2, 0.25) is 5.02 Å². The van der Waals surface area contributed by atoms with Crippen molar-refractivity contribution in [1.82, 2.24) is 5.48 Å². The van der Waals surface area contributed by atoms with Gasteiger partial charge in [0.2, 0.25) is 0 Å². The third-order valence-electron chi connectivity index (χ3n) is 3.02. The maximum absolute atomic E-state index is 11.8. The molecule has 0 aliphatic heterocycles. The van der Waals surface area contributed by atoms with Crippen LogP contribution in [-0.2, 0) is 16.2 Å². The van der Waals surface area contributed by atoms with E-state index in [1.807, 2.05) is 30.3 Å². The van der Waals surface area contributed by atoms with E-state index in [0.717, 1.165) is 16.7 Å². The molecule has 0 aliphatic carbocycles. The smallest absolute Gasteiger partial charge is 0.274 e. The minimum Gasteiger partial charge on any atom is -0.380 e. The first-order valence-electron chi connectivity index (χ1n) is 6.37. The molecule has 4 nitrogen and oxygen atoms in total. The Hall–Kier alpha value is -1.88. The zero-order valence-electron chi connectivity index (χ0n) is 11.9. The Morgan fingerprint density at radius 1 is 1.14 bits per heavy atom. The fourth-order valence-corrected chi connectivity index (χ4v) is 2.20. The monoisotopic (exact) mass is 305 g/mol. The second-order valence-corrected chi connectivity index (χ2v) is 4.88. The van der Waals surface area contributed by atoms with Gasteiger partial charge in [0.15, 0.2) is 0 Å². The van der Waals surface area contributed by atoms with E-state index in [9.17, 15) is 4.79 Å². The Morgan fingerprint density at radius 2 is 1.86 bits per heavy atom. The van der Waals surface area contributed by atoms with Crippen LogP contribution in [0.25, 0.3) is 11.1 Å². The van der Waals surface area contributed by atoms with Crippen LogP contribution in [0.15, 0.2) is 42.5 Å². The molecule has 0 fully saturated rings. The first kappa shape index (κ1) is 15.5. The van der Waals surface area contributed by atoms with E-state index in [1.54, 1.807) is 19.2 Å². The molecule has 0 aliphatic rings. The Morgan fingerprint density at radius 3 is 2.48 bits per heavy atom. The van der Waals surface area contributed by atoms with Gasteiger partial charge in [0.05, 0.1) is 13.7 Å². The summed E-state index contributed by atoms with van der Waals surface area (Å²) in [4.78, 5) is 16.4. The predicted molar refractivity (Wildman–Crippen MR) is 82.1 cm³/mol. The summed E-state index contributed by atoms with van der Waals surface area (Å²) in [6.07, 6.45) is 0. The number of amides is 1. The van der Waals surface area contributed by atoms with E-state index in [0.29, 0.717) is 17.2 Å². The lowest BCUT2D eigenvalue weighted by atomic mass is 9.97. The summed E-state index contributed by atoms with van der Waals surface area (Å²) in [5.41, 5.74) is 5.76. The normalized spacial score (nSPS) is 10.4. The van der Waals surface area contributed by atoms with E-state index in [-0.39, 0.29) is 5.91 Å². The highest BCUT2D eigenvalue weighted by Crippen LogP contribution is 2.26. The van der Waals surface area contributed by atoms with Gasteiger partial charge in [-0.05, 0) is 41.0 Å². The standard InChI is InChI=1S/C16H16ClNO3/c1-20-10-13-9-12(16(19)18-21-2)5-8-15(13)11-3-6-14(17)7-4-11/h3-9H,10H2,1-2H3,(H,18,19). The van der Waals surface area contributed by atoms with Gasteiger partial charge in [-0.1, -0.05) is 29.8 Å². The van der Waals surface area contributed by atoms with Crippen LogP contribution in [0.4, 0.5) is 0 Å². The highest BCUT2D eigenvalue weighted by atomic mass is 35.5. The predicted octanol–water partition coefficient (Wildman–Crippen LogP) is 3.44. The lowest BCUT2D eigenvalue weighted by Crippen LogP contribution is -2.21. The highest BCUT2D eigenvalue weighted by Gasteiger charge is 2.11. The Bertz CT molecular complexity index is 626. The number of hydroxylamine groups is 1. The average Bonchev–Trinajstić information content (AvgIpc) is 2.49. The van der Waals surface area contributed by atoms with Crippen molar-refractivity contribution in [1.29, 1.82) is 0 Å². The number of carbonyl (C=O) groups excluding carboxylic acids is 1. The van der Waals surface area contributed by atoms with Gasteiger partial charge in [-0.15, -0.1) is 0 Å². The second-order valence-electron chi connectivity index (χ2n) is 4.45. The first-order valence-corrected chi connectivity index (χ1v) is 6.74. The molecule has 0 aromatic heterocycles. The van der Waals surface area contributed by atoms with Crippen molar-refractivity contribution in [3.63, 3.8) is 0 Å². The topological polar surface area (TPSA) is 47.6 Å². The van der Waals surface area contributed by atoms with E-state index in [1.165, 1.54) is 7.11 Å². The van der Waals surface area contributed by atoms with Gasteiger partial charge >= 0.3 is 0 Å². The molecule has 2 aromatic rings. The van der Waals surface area contributed by atoms with Crippen LogP contribution in [0.3, 0.4) is 0 Å². The van der Waals surface area contributed by atoms with Gasteiger partial charge in [-0.3, -0.25) is 9.63 Å². The number of rotatable bonds is 5. The van der Waals surface area contributed by atoms with Crippen molar-refractivity contribution in [2.24, 2.45) is 0 Å². The number of benzene rings is 2. The molecule has 0 spiro atoms. The quantitative estimate of drug-likeness (QED) is 0.861. The Balaban J connectivity index is 2.41. The summed E-state index contributed by atoms with van der Waals surface area (Å²) >= 11 is 5.91. The summed E-state index contributed by atoms with van der Waals surface area (Å²) in [7, 11) is 3.02. The fraction of sp³-hybridized carbons (Fsp3) is 0.188. The van der Waals surface area contributed by atoms with E-state index < -0.39 is 0 Å². The molecule has 2 aromatic carbocycles. The van der Waals surface area contributed by atoms with Crippen LogP contribution in [0, 0.1) is 0 Å². The number of carbonyl (C=O) groups is 1. The minimum atomic E-state index is -0.294. The number of hydrogen-bond donors (Lipinski definition) is 1. The van der Waals surface area contributed by atoms with Gasteiger partial charge in [0.25, 0.3) is 5.91 Å². The van der Waals surface area contributed by atoms with Crippen molar-refractivity contribution in [2.45, 2.75) is 6.61 Å². The van der Waals surface area contributed by atoms with E-state index in [4.69, 9.17) is 16.3 Å². The van der Waals surface area contributed by atoms with Gasteiger partial charge in [0, 0.05) is 17.7 Å². The van der Waals surface area contributed by atoms with Crippen molar-refractivity contribution in [3.8, 4) is 11.1 Å². The zero-order valence-corrected chi connectivity index (χ0v) is 12.6. The number of nitrogens with one attached hydrogen (secondary N) is 1. The van der Waals surface area contributed by atoms with Gasteiger partial charge in [-0.2, -0.15) is 0 Å². The van der Waals surface area contributed by atoms with Crippen LogP contribution in [-0.4, -0.2) is 20.1 Å². The molecule has 0 unspecified atom stereocenters. The van der Waals surface area contributed by atoms with E-state index in [2.05, 4.69) is 10.3 Å². The van der Waals surface area contributed by atoms with Crippen molar-refractivity contribution < 1.29 is 14.4 Å². The maximum atomic E-state index is 11.8. The average molecular weight is 306 g/mol. The molecule has 0 heterocycles. The van der Waals surface area contributed by atoms with Crippen molar-refractivity contribution in [2.75, 3.05) is 14.2 Å². The van der Waals surface area contributed by atoms with Crippen LogP contribution < -0.4 is 5.48 Å².